The largest absolute Gasteiger partial charge is 0.319 e. The summed E-state index contributed by atoms with van der Waals surface area (Å²) in [6.07, 6.45) is 2.60. The first-order valence-electron chi connectivity index (χ1n) is 7.22. The second-order valence-corrected chi connectivity index (χ2v) is 5.12. The van der Waals surface area contributed by atoms with Crippen LogP contribution in [-0.4, -0.2) is 29.3 Å². The average Bonchev–Trinajstić information content (AvgIpc) is 2.93. The highest BCUT2D eigenvalue weighted by Crippen LogP contribution is 2.10. The highest BCUT2D eigenvalue weighted by molar-refractivity contribution is 5.91. The zero-order valence-corrected chi connectivity index (χ0v) is 12.5. The van der Waals surface area contributed by atoms with Crippen molar-refractivity contribution in [2.24, 2.45) is 5.92 Å². The van der Waals surface area contributed by atoms with Gasteiger partial charge in [0, 0.05) is 25.1 Å². The van der Waals surface area contributed by atoms with Crippen molar-refractivity contribution in [2.75, 3.05) is 18.9 Å². The first-order chi connectivity index (χ1) is 10.2. The van der Waals surface area contributed by atoms with Gasteiger partial charge in [0.1, 0.15) is 5.82 Å². The molecule has 112 valence electrons. The molecular formula is C16H22N4O. The lowest BCUT2D eigenvalue weighted by Crippen LogP contribution is -2.29. The van der Waals surface area contributed by atoms with Crippen LogP contribution in [0.1, 0.15) is 12.5 Å². The van der Waals surface area contributed by atoms with E-state index in [2.05, 4.69) is 27.9 Å². The third kappa shape index (κ3) is 4.43. The maximum atomic E-state index is 12.0. The molecule has 1 atom stereocenters. The summed E-state index contributed by atoms with van der Waals surface area (Å²) in [6.45, 7) is 3.30. The number of carbonyl (C=O) groups excluding carboxylic acids is 1. The Kier molecular flexibility index (Phi) is 5.51. The van der Waals surface area contributed by atoms with Gasteiger partial charge in [-0.2, -0.15) is 5.10 Å². The Morgan fingerprint density at radius 1 is 1.29 bits per heavy atom. The molecule has 5 nitrogen and oxygen atoms in total. The van der Waals surface area contributed by atoms with Gasteiger partial charge in [0.05, 0.1) is 6.20 Å². The van der Waals surface area contributed by atoms with Gasteiger partial charge in [-0.05, 0) is 19.0 Å². The number of carbonyl (C=O) groups is 1. The van der Waals surface area contributed by atoms with Gasteiger partial charge in [-0.1, -0.05) is 37.3 Å². The summed E-state index contributed by atoms with van der Waals surface area (Å²) in [5.41, 5.74) is 1.26. The number of hydrogen-bond acceptors (Lipinski definition) is 3. The van der Waals surface area contributed by atoms with Gasteiger partial charge in [0.15, 0.2) is 0 Å². The van der Waals surface area contributed by atoms with Crippen molar-refractivity contribution >= 4 is 11.7 Å². The second-order valence-electron chi connectivity index (χ2n) is 5.12. The summed E-state index contributed by atoms with van der Waals surface area (Å²) in [7, 11) is 1.84. The Morgan fingerprint density at radius 2 is 2.05 bits per heavy atom. The first kappa shape index (κ1) is 15.3. The number of benzene rings is 1. The minimum atomic E-state index is -0.0764. The van der Waals surface area contributed by atoms with E-state index in [9.17, 15) is 4.79 Å². The van der Waals surface area contributed by atoms with Crippen molar-refractivity contribution in [1.29, 1.82) is 0 Å². The molecule has 0 bridgehead atoms. The van der Waals surface area contributed by atoms with E-state index < -0.39 is 0 Å². The Labute approximate surface area is 125 Å². The standard InChI is InChI=1S/C16H22N4O/c1-13(12-17-2)16(21)19-15-8-10-18-20(15)11-9-14-6-4-3-5-7-14/h3-8,10,13,17H,9,11-12H2,1-2H3,(H,19,21). The van der Waals surface area contributed by atoms with E-state index in [0.29, 0.717) is 6.54 Å². The van der Waals surface area contributed by atoms with Gasteiger partial charge < -0.3 is 10.6 Å². The van der Waals surface area contributed by atoms with Gasteiger partial charge in [-0.3, -0.25) is 4.79 Å². The monoisotopic (exact) mass is 286 g/mol. The fourth-order valence-electron chi connectivity index (χ4n) is 2.15. The van der Waals surface area contributed by atoms with Crippen molar-refractivity contribution in [2.45, 2.75) is 19.9 Å². The van der Waals surface area contributed by atoms with Crippen LogP contribution in [0.15, 0.2) is 42.6 Å². The topological polar surface area (TPSA) is 59.0 Å². The van der Waals surface area contributed by atoms with E-state index in [-0.39, 0.29) is 11.8 Å². The lowest BCUT2D eigenvalue weighted by atomic mass is 10.1. The molecule has 0 aliphatic carbocycles. The number of aromatic nitrogens is 2. The van der Waals surface area contributed by atoms with Crippen LogP contribution in [0.4, 0.5) is 5.82 Å². The van der Waals surface area contributed by atoms with Crippen molar-refractivity contribution < 1.29 is 4.79 Å². The number of hydrogen-bond donors (Lipinski definition) is 2. The third-order valence-corrected chi connectivity index (χ3v) is 3.38. The van der Waals surface area contributed by atoms with E-state index >= 15 is 0 Å². The van der Waals surface area contributed by atoms with Crippen molar-refractivity contribution in [3.05, 3.63) is 48.2 Å². The Balaban J connectivity index is 1.94. The molecule has 21 heavy (non-hydrogen) atoms. The van der Waals surface area contributed by atoms with Crippen LogP contribution in [0.5, 0.6) is 0 Å². The number of amides is 1. The lowest BCUT2D eigenvalue weighted by molar-refractivity contribution is -0.119. The molecule has 0 aliphatic heterocycles. The minimum Gasteiger partial charge on any atom is -0.319 e. The molecule has 0 fully saturated rings. The Hall–Kier alpha value is -2.14. The fourth-order valence-corrected chi connectivity index (χ4v) is 2.15. The van der Waals surface area contributed by atoms with Crippen LogP contribution >= 0.6 is 0 Å². The number of nitrogens with zero attached hydrogens (tertiary/aromatic N) is 2. The minimum absolute atomic E-state index is 0.00538. The first-order valence-corrected chi connectivity index (χ1v) is 7.22. The molecule has 0 spiro atoms. The molecule has 2 N–H and O–H groups in total. The molecule has 1 heterocycles. The van der Waals surface area contributed by atoms with Crippen LogP contribution in [-0.2, 0) is 17.8 Å². The predicted molar refractivity (Wildman–Crippen MR) is 84.1 cm³/mol. The number of aryl methyl sites for hydroxylation is 2. The maximum absolute atomic E-state index is 12.0. The molecule has 0 saturated carbocycles. The molecule has 0 radical (unpaired) electrons. The molecule has 1 aromatic heterocycles. The van der Waals surface area contributed by atoms with Crippen LogP contribution in [0.3, 0.4) is 0 Å². The van der Waals surface area contributed by atoms with Crippen molar-refractivity contribution in [1.82, 2.24) is 15.1 Å². The smallest absolute Gasteiger partial charge is 0.229 e. The zero-order chi connectivity index (χ0) is 15.1. The zero-order valence-electron chi connectivity index (χ0n) is 12.5. The normalized spacial score (nSPS) is 12.1. The van der Waals surface area contributed by atoms with E-state index in [4.69, 9.17) is 0 Å². The quantitative estimate of drug-likeness (QED) is 0.817. The molecular weight excluding hydrogens is 264 g/mol. The summed E-state index contributed by atoms with van der Waals surface area (Å²) >= 11 is 0. The van der Waals surface area contributed by atoms with Crippen molar-refractivity contribution in [3.8, 4) is 0 Å². The van der Waals surface area contributed by atoms with Gasteiger partial charge in [-0.25, -0.2) is 4.68 Å². The number of rotatable bonds is 7. The molecule has 0 aliphatic rings. The summed E-state index contributed by atoms with van der Waals surface area (Å²) in [6, 6.07) is 12.1. The SMILES string of the molecule is CNCC(C)C(=O)Nc1ccnn1CCc1ccccc1. The van der Waals surface area contributed by atoms with E-state index in [1.165, 1.54) is 5.56 Å². The molecule has 1 unspecified atom stereocenters. The van der Waals surface area contributed by atoms with Crippen molar-refractivity contribution in [3.63, 3.8) is 0 Å². The average molecular weight is 286 g/mol. The Bertz CT molecular complexity index is 565. The van der Waals surface area contributed by atoms with E-state index in [0.717, 1.165) is 18.8 Å². The third-order valence-electron chi connectivity index (χ3n) is 3.38. The van der Waals surface area contributed by atoms with E-state index in [1.54, 1.807) is 6.20 Å². The van der Waals surface area contributed by atoms with Gasteiger partial charge in [-0.15, -0.1) is 0 Å². The van der Waals surface area contributed by atoms with Crippen LogP contribution in [0.25, 0.3) is 0 Å². The van der Waals surface area contributed by atoms with Crippen LogP contribution in [0.2, 0.25) is 0 Å². The van der Waals surface area contributed by atoms with Gasteiger partial charge in [0.2, 0.25) is 5.91 Å². The number of anilines is 1. The highest BCUT2D eigenvalue weighted by Gasteiger charge is 2.14. The molecule has 5 heteroatoms. The predicted octanol–water partition coefficient (Wildman–Crippen LogP) is 1.92. The fraction of sp³-hybridized carbons (Fsp3) is 0.375. The summed E-state index contributed by atoms with van der Waals surface area (Å²) in [5, 5.41) is 10.2. The van der Waals surface area contributed by atoms with Gasteiger partial charge >= 0.3 is 0 Å². The number of nitrogens with one attached hydrogen (secondary N) is 2. The summed E-state index contributed by atoms with van der Waals surface area (Å²) in [5.74, 6) is 0.678. The molecule has 2 aromatic rings. The van der Waals surface area contributed by atoms with Crippen LogP contribution < -0.4 is 10.6 Å². The highest BCUT2D eigenvalue weighted by atomic mass is 16.2. The Morgan fingerprint density at radius 3 is 2.76 bits per heavy atom. The molecule has 2 rings (SSSR count). The summed E-state index contributed by atoms with van der Waals surface area (Å²) < 4.78 is 1.83. The van der Waals surface area contributed by atoms with Crippen LogP contribution in [0, 0.1) is 5.92 Å². The second kappa shape index (κ2) is 7.59. The molecule has 1 amide bonds. The lowest BCUT2D eigenvalue weighted by Gasteiger charge is -2.13. The molecule has 1 aromatic carbocycles. The maximum Gasteiger partial charge on any atom is 0.229 e. The van der Waals surface area contributed by atoms with E-state index in [1.807, 2.05) is 42.9 Å². The summed E-state index contributed by atoms with van der Waals surface area (Å²) in [4.78, 5) is 12.0. The van der Waals surface area contributed by atoms with Gasteiger partial charge in [0.25, 0.3) is 0 Å². The molecule has 0 saturated heterocycles.